The van der Waals surface area contributed by atoms with Gasteiger partial charge in [0.1, 0.15) is 5.75 Å². The third-order valence-electron chi connectivity index (χ3n) is 3.81. The predicted octanol–water partition coefficient (Wildman–Crippen LogP) is 2.66. The van der Waals surface area contributed by atoms with Crippen molar-refractivity contribution in [1.29, 1.82) is 0 Å². The maximum absolute atomic E-state index is 12.2. The van der Waals surface area contributed by atoms with Crippen molar-refractivity contribution < 1.29 is 28.9 Å². The van der Waals surface area contributed by atoms with E-state index in [2.05, 4.69) is 17.1 Å². The zero-order chi connectivity index (χ0) is 21.2. The molecule has 2 rings (SSSR count). The van der Waals surface area contributed by atoms with Gasteiger partial charge in [-0.1, -0.05) is 6.08 Å². The second kappa shape index (κ2) is 10.5. The van der Waals surface area contributed by atoms with Crippen molar-refractivity contribution in [2.24, 2.45) is 5.10 Å². The van der Waals surface area contributed by atoms with Crippen molar-refractivity contribution in [1.82, 2.24) is 5.43 Å². The number of carbonyl (C=O) groups excluding carboxylic acids is 1. The third-order valence-corrected chi connectivity index (χ3v) is 3.81. The van der Waals surface area contributed by atoms with Crippen molar-refractivity contribution >= 4 is 18.1 Å². The molecule has 29 heavy (non-hydrogen) atoms. The fourth-order valence-electron chi connectivity index (χ4n) is 2.49. The molecule has 0 saturated heterocycles. The number of ether oxygens (including phenoxy) is 3. The van der Waals surface area contributed by atoms with E-state index in [1.54, 1.807) is 49.6 Å². The van der Waals surface area contributed by atoms with Crippen LogP contribution in [-0.2, 0) is 11.2 Å². The van der Waals surface area contributed by atoms with Gasteiger partial charge in [0.15, 0.2) is 18.1 Å². The first kappa shape index (κ1) is 21.5. The topological polar surface area (TPSA) is 106 Å². The van der Waals surface area contributed by atoms with Crippen LogP contribution in [-0.4, -0.2) is 44.0 Å². The first-order valence-corrected chi connectivity index (χ1v) is 8.62. The van der Waals surface area contributed by atoms with Gasteiger partial charge in [-0.2, -0.15) is 5.10 Å². The fourth-order valence-corrected chi connectivity index (χ4v) is 2.49. The summed E-state index contributed by atoms with van der Waals surface area (Å²) in [6.45, 7) is 3.20. The van der Waals surface area contributed by atoms with Gasteiger partial charge in [0, 0.05) is 11.1 Å². The standard InChI is InChI=1S/C21H22N2O6/c1-4-5-16-10-14(11-18(28-3)20(16)29-13-19(24)25)12-22-23-21(26)15-6-8-17(27-2)9-7-15/h4,6-12H,1,5,13H2,2-3H3,(H,23,26)(H,24,25)/b22-12-. The molecular formula is C21H22N2O6. The number of hydrogen-bond acceptors (Lipinski definition) is 6. The van der Waals surface area contributed by atoms with Gasteiger partial charge in [-0.15, -0.1) is 6.58 Å². The van der Waals surface area contributed by atoms with E-state index < -0.39 is 12.6 Å². The van der Waals surface area contributed by atoms with Gasteiger partial charge in [0.25, 0.3) is 5.91 Å². The number of carboxylic acid groups (broad SMARTS) is 1. The van der Waals surface area contributed by atoms with E-state index in [1.165, 1.54) is 13.3 Å². The average molecular weight is 398 g/mol. The molecule has 0 spiro atoms. The lowest BCUT2D eigenvalue weighted by Crippen LogP contribution is -2.17. The molecular weight excluding hydrogens is 376 g/mol. The van der Waals surface area contributed by atoms with Crippen LogP contribution in [0.25, 0.3) is 0 Å². The Bertz CT molecular complexity index is 906. The molecule has 1 amide bonds. The van der Waals surface area contributed by atoms with E-state index in [0.29, 0.717) is 40.4 Å². The number of nitrogens with zero attached hydrogens (tertiary/aromatic N) is 1. The highest BCUT2D eigenvalue weighted by atomic mass is 16.5. The molecule has 0 aliphatic heterocycles. The molecule has 8 nitrogen and oxygen atoms in total. The van der Waals surface area contributed by atoms with E-state index in [9.17, 15) is 9.59 Å². The number of methoxy groups -OCH3 is 2. The minimum Gasteiger partial charge on any atom is -0.497 e. The predicted molar refractivity (Wildman–Crippen MR) is 108 cm³/mol. The maximum atomic E-state index is 12.2. The molecule has 0 atom stereocenters. The Morgan fingerprint density at radius 2 is 1.90 bits per heavy atom. The Morgan fingerprint density at radius 1 is 1.17 bits per heavy atom. The molecule has 0 radical (unpaired) electrons. The second-order valence-electron chi connectivity index (χ2n) is 5.81. The Hall–Kier alpha value is -3.81. The van der Waals surface area contributed by atoms with Crippen LogP contribution in [0.15, 0.2) is 54.2 Å². The lowest BCUT2D eigenvalue weighted by molar-refractivity contribution is -0.139. The summed E-state index contributed by atoms with van der Waals surface area (Å²) in [4.78, 5) is 23.0. The molecule has 8 heteroatoms. The summed E-state index contributed by atoms with van der Waals surface area (Å²) in [5, 5.41) is 12.8. The highest BCUT2D eigenvalue weighted by Crippen LogP contribution is 2.33. The van der Waals surface area contributed by atoms with Gasteiger partial charge in [-0.3, -0.25) is 4.79 Å². The summed E-state index contributed by atoms with van der Waals surface area (Å²) in [7, 11) is 3.00. The maximum Gasteiger partial charge on any atom is 0.341 e. The second-order valence-corrected chi connectivity index (χ2v) is 5.81. The minimum atomic E-state index is -1.09. The zero-order valence-electron chi connectivity index (χ0n) is 16.2. The summed E-state index contributed by atoms with van der Waals surface area (Å²) in [6.07, 6.45) is 3.55. The van der Waals surface area contributed by atoms with Crippen LogP contribution in [0.3, 0.4) is 0 Å². The molecule has 2 aromatic carbocycles. The van der Waals surface area contributed by atoms with E-state index in [0.717, 1.165) is 0 Å². The van der Waals surface area contributed by atoms with Gasteiger partial charge in [0.05, 0.1) is 20.4 Å². The quantitative estimate of drug-likeness (QED) is 0.362. The van der Waals surface area contributed by atoms with Crippen molar-refractivity contribution in [3.8, 4) is 17.2 Å². The third kappa shape index (κ3) is 6.10. The molecule has 0 fully saturated rings. The molecule has 0 unspecified atom stereocenters. The number of benzene rings is 2. The van der Waals surface area contributed by atoms with Gasteiger partial charge < -0.3 is 19.3 Å². The van der Waals surface area contributed by atoms with Crippen molar-refractivity contribution in [2.75, 3.05) is 20.8 Å². The van der Waals surface area contributed by atoms with Gasteiger partial charge in [0.2, 0.25) is 0 Å². The van der Waals surface area contributed by atoms with Crippen molar-refractivity contribution in [2.45, 2.75) is 6.42 Å². The van der Waals surface area contributed by atoms with E-state index in [1.807, 2.05) is 0 Å². The Balaban J connectivity index is 2.17. The number of nitrogens with one attached hydrogen (secondary N) is 1. The Labute approximate surface area is 168 Å². The zero-order valence-corrected chi connectivity index (χ0v) is 16.2. The first-order valence-electron chi connectivity index (χ1n) is 8.62. The SMILES string of the molecule is C=CCc1cc(/C=N\NC(=O)c2ccc(OC)cc2)cc(OC)c1OCC(=O)O. The van der Waals surface area contributed by atoms with Crippen LogP contribution < -0.4 is 19.6 Å². The number of amides is 1. The smallest absolute Gasteiger partial charge is 0.341 e. The van der Waals surface area contributed by atoms with Crippen LogP contribution in [0, 0.1) is 0 Å². The molecule has 0 aliphatic rings. The number of hydrogen-bond donors (Lipinski definition) is 2. The summed E-state index contributed by atoms with van der Waals surface area (Å²) < 4.78 is 15.7. The van der Waals surface area contributed by atoms with Gasteiger partial charge in [-0.25, -0.2) is 10.2 Å². The summed E-state index contributed by atoms with van der Waals surface area (Å²) in [6, 6.07) is 10.0. The number of carbonyl (C=O) groups is 2. The normalized spacial score (nSPS) is 10.4. The monoisotopic (exact) mass is 398 g/mol. The number of allylic oxidation sites excluding steroid dienone is 1. The Morgan fingerprint density at radius 3 is 2.48 bits per heavy atom. The molecule has 152 valence electrons. The van der Waals surface area contributed by atoms with Crippen LogP contribution in [0.4, 0.5) is 0 Å². The Kier molecular flexibility index (Phi) is 7.78. The summed E-state index contributed by atoms with van der Waals surface area (Å²) in [5.41, 5.74) is 4.20. The molecule has 0 saturated carbocycles. The molecule has 0 heterocycles. The minimum absolute atomic E-state index is 0.328. The van der Waals surface area contributed by atoms with Gasteiger partial charge >= 0.3 is 5.97 Å². The summed E-state index contributed by atoms with van der Waals surface area (Å²) in [5.74, 6) is -0.132. The lowest BCUT2D eigenvalue weighted by Gasteiger charge is -2.14. The van der Waals surface area contributed by atoms with Crippen LogP contribution >= 0.6 is 0 Å². The van der Waals surface area contributed by atoms with Crippen molar-refractivity contribution in [3.05, 3.63) is 65.7 Å². The number of rotatable bonds is 10. The van der Waals surface area contributed by atoms with E-state index >= 15 is 0 Å². The highest BCUT2D eigenvalue weighted by Gasteiger charge is 2.14. The lowest BCUT2D eigenvalue weighted by atomic mass is 10.1. The van der Waals surface area contributed by atoms with Crippen LogP contribution in [0.5, 0.6) is 17.2 Å². The number of carboxylic acids is 1. The highest BCUT2D eigenvalue weighted by molar-refractivity contribution is 5.95. The van der Waals surface area contributed by atoms with Gasteiger partial charge in [-0.05, 0) is 48.4 Å². The number of aliphatic carboxylic acids is 1. The van der Waals surface area contributed by atoms with E-state index in [4.69, 9.17) is 19.3 Å². The van der Waals surface area contributed by atoms with E-state index in [-0.39, 0.29) is 5.91 Å². The molecule has 0 aromatic heterocycles. The molecule has 0 aliphatic carbocycles. The fraction of sp³-hybridized carbons (Fsp3) is 0.190. The summed E-state index contributed by atoms with van der Waals surface area (Å²) >= 11 is 0. The molecule has 2 N–H and O–H groups in total. The first-order chi connectivity index (χ1) is 14.0. The largest absolute Gasteiger partial charge is 0.497 e. The molecule has 2 aromatic rings. The number of hydrazone groups is 1. The van der Waals surface area contributed by atoms with Crippen molar-refractivity contribution in [3.63, 3.8) is 0 Å². The average Bonchev–Trinajstić information content (AvgIpc) is 2.72. The molecule has 0 bridgehead atoms. The van der Waals surface area contributed by atoms with Crippen LogP contribution in [0.2, 0.25) is 0 Å². The van der Waals surface area contributed by atoms with Crippen LogP contribution in [0.1, 0.15) is 21.5 Å².